The molecule has 2 N–H and O–H groups in total. The molecular formula is C16H21N3O3. The van der Waals surface area contributed by atoms with Crippen LogP contribution in [0.1, 0.15) is 37.6 Å². The maximum Gasteiger partial charge on any atom is 0.270 e. The van der Waals surface area contributed by atoms with Crippen molar-refractivity contribution in [3.05, 3.63) is 46.5 Å². The number of fused-ring (bicyclic) bond motifs is 1. The van der Waals surface area contributed by atoms with Crippen molar-refractivity contribution in [1.29, 1.82) is 0 Å². The first-order valence-corrected chi connectivity index (χ1v) is 7.33. The van der Waals surface area contributed by atoms with Gasteiger partial charge in [-0.05, 0) is 25.0 Å². The van der Waals surface area contributed by atoms with Crippen LogP contribution in [-0.2, 0) is 0 Å². The molecule has 118 valence electrons. The number of pyridine rings is 1. The average Bonchev–Trinajstić information content (AvgIpc) is 2.52. The first-order chi connectivity index (χ1) is 10.4. The maximum absolute atomic E-state index is 12.3. The predicted molar refractivity (Wildman–Crippen MR) is 83.9 cm³/mol. The van der Waals surface area contributed by atoms with E-state index in [9.17, 15) is 14.7 Å². The Morgan fingerprint density at radius 3 is 2.91 bits per heavy atom. The molecule has 2 rings (SSSR count). The Balaban J connectivity index is 2.21. The summed E-state index contributed by atoms with van der Waals surface area (Å²) < 4.78 is 1.32. The first-order valence-electron chi connectivity index (χ1n) is 7.33. The summed E-state index contributed by atoms with van der Waals surface area (Å²) in [5.74, 6) is -0.497. The number of amides is 1. The van der Waals surface area contributed by atoms with Gasteiger partial charge in [0.15, 0.2) is 0 Å². The van der Waals surface area contributed by atoms with Crippen molar-refractivity contribution >= 4 is 11.6 Å². The molecule has 0 radical (unpaired) electrons. The fourth-order valence-corrected chi connectivity index (χ4v) is 2.15. The van der Waals surface area contributed by atoms with Crippen molar-refractivity contribution in [2.75, 3.05) is 6.54 Å². The lowest BCUT2D eigenvalue weighted by Gasteiger charge is -2.29. The van der Waals surface area contributed by atoms with Gasteiger partial charge in [-0.3, -0.25) is 14.0 Å². The van der Waals surface area contributed by atoms with Crippen LogP contribution in [-0.4, -0.2) is 32.5 Å². The van der Waals surface area contributed by atoms with E-state index < -0.39 is 17.1 Å². The summed E-state index contributed by atoms with van der Waals surface area (Å²) in [5.41, 5.74) is -1.00. The van der Waals surface area contributed by atoms with E-state index in [-0.39, 0.29) is 18.0 Å². The third-order valence-electron chi connectivity index (χ3n) is 4.14. The second-order valence-electron chi connectivity index (χ2n) is 5.76. The molecule has 6 heteroatoms. The Hall–Kier alpha value is -2.21. The molecule has 0 aliphatic rings. The Kier molecular flexibility index (Phi) is 4.61. The van der Waals surface area contributed by atoms with Crippen molar-refractivity contribution in [3.8, 4) is 0 Å². The van der Waals surface area contributed by atoms with E-state index in [4.69, 9.17) is 0 Å². The molecular weight excluding hydrogens is 282 g/mol. The van der Waals surface area contributed by atoms with Crippen molar-refractivity contribution < 1.29 is 9.90 Å². The smallest absolute Gasteiger partial charge is 0.270 e. The van der Waals surface area contributed by atoms with Crippen LogP contribution in [0.15, 0.2) is 35.4 Å². The zero-order valence-corrected chi connectivity index (χ0v) is 13.0. The molecule has 1 amide bonds. The summed E-state index contributed by atoms with van der Waals surface area (Å²) in [4.78, 5) is 28.6. The minimum Gasteiger partial charge on any atom is -0.388 e. The van der Waals surface area contributed by atoms with Crippen LogP contribution in [0.25, 0.3) is 5.65 Å². The number of hydrogen-bond acceptors (Lipinski definition) is 4. The molecule has 2 aromatic rings. The summed E-state index contributed by atoms with van der Waals surface area (Å²) in [5, 5.41) is 12.9. The zero-order valence-electron chi connectivity index (χ0n) is 13.0. The van der Waals surface area contributed by atoms with Crippen LogP contribution in [0.4, 0.5) is 0 Å². The van der Waals surface area contributed by atoms with E-state index in [1.165, 1.54) is 10.6 Å². The predicted octanol–water partition coefficient (Wildman–Crippen LogP) is 1.22. The van der Waals surface area contributed by atoms with E-state index in [2.05, 4.69) is 10.3 Å². The molecule has 2 heterocycles. The number of carbonyl (C=O) groups excluding carboxylic acids is 1. The zero-order chi connectivity index (χ0) is 16.3. The van der Waals surface area contributed by atoms with Crippen LogP contribution in [0.3, 0.4) is 0 Å². The highest BCUT2D eigenvalue weighted by atomic mass is 16.3. The van der Waals surface area contributed by atoms with E-state index in [1.807, 2.05) is 13.8 Å². The molecule has 0 saturated heterocycles. The summed E-state index contributed by atoms with van der Waals surface area (Å²) in [6.45, 7) is 5.64. The molecule has 0 aliphatic heterocycles. The fraction of sp³-hybridized carbons (Fsp3) is 0.438. The van der Waals surface area contributed by atoms with Gasteiger partial charge in [-0.2, -0.15) is 0 Å². The van der Waals surface area contributed by atoms with Gasteiger partial charge in [0.25, 0.3) is 11.5 Å². The average molecular weight is 303 g/mol. The van der Waals surface area contributed by atoms with Gasteiger partial charge in [-0.1, -0.05) is 26.3 Å². The molecule has 6 nitrogen and oxygen atoms in total. The van der Waals surface area contributed by atoms with Gasteiger partial charge in [-0.15, -0.1) is 0 Å². The minimum atomic E-state index is -1.02. The standard InChI is InChI=1S/C16H21N3O3/c1-4-11(2)16(3,22)10-18-14(20)12-9-17-13-7-5-6-8-19(13)15(12)21/h5-9,11,22H,4,10H2,1-3H3,(H,18,20). The van der Waals surface area contributed by atoms with Crippen LogP contribution >= 0.6 is 0 Å². The van der Waals surface area contributed by atoms with Crippen molar-refractivity contribution in [2.45, 2.75) is 32.8 Å². The Morgan fingerprint density at radius 1 is 1.50 bits per heavy atom. The van der Waals surface area contributed by atoms with E-state index >= 15 is 0 Å². The van der Waals surface area contributed by atoms with Gasteiger partial charge in [0.05, 0.1) is 5.60 Å². The maximum atomic E-state index is 12.3. The fourth-order valence-electron chi connectivity index (χ4n) is 2.15. The summed E-state index contributed by atoms with van der Waals surface area (Å²) in [7, 11) is 0. The first kappa shape index (κ1) is 16.2. The molecule has 22 heavy (non-hydrogen) atoms. The normalized spacial score (nSPS) is 15.3. The largest absolute Gasteiger partial charge is 0.388 e. The molecule has 0 aromatic carbocycles. The van der Waals surface area contributed by atoms with Crippen LogP contribution < -0.4 is 10.9 Å². The number of nitrogens with one attached hydrogen (secondary N) is 1. The van der Waals surface area contributed by atoms with Gasteiger partial charge in [0.1, 0.15) is 11.2 Å². The Bertz CT molecular complexity index is 737. The highest BCUT2D eigenvalue weighted by Gasteiger charge is 2.28. The highest BCUT2D eigenvalue weighted by Crippen LogP contribution is 2.18. The summed E-state index contributed by atoms with van der Waals surface area (Å²) in [6, 6.07) is 5.16. The van der Waals surface area contributed by atoms with E-state index in [0.29, 0.717) is 5.65 Å². The molecule has 2 atom stereocenters. The molecule has 0 bridgehead atoms. The lowest BCUT2D eigenvalue weighted by molar-refractivity contribution is 0.00590. The molecule has 2 aromatic heterocycles. The number of rotatable bonds is 5. The Labute approximate surface area is 128 Å². The molecule has 2 unspecified atom stereocenters. The number of nitrogens with zero attached hydrogens (tertiary/aromatic N) is 2. The number of aromatic nitrogens is 2. The van der Waals surface area contributed by atoms with E-state index in [0.717, 1.165) is 6.42 Å². The second kappa shape index (κ2) is 6.27. The van der Waals surface area contributed by atoms with Gasteiger partial charge in [0.2, 0.25) is 0 Å². The molecule has 0 aliphatic carbocycles. The third kappa shape index (κ3) is 3.17. The van der Waals surface area contributed by atoms with Crippen LogP contribution in [0, 0.1) is 5.92 Å². The van der Waals surface area contributed by atoms with Crippen LogP contribution in [0.2, 0.25) is 0 Å². The minimum absolute atomic E-state index is 0.0311. The molecule has 0 saturated carbocycles. The summed E-state index contributed by atoms with van der Waals surface area (Å²) >= 11 is 0. The van der Waals surface area contributed by atoms with Crippen molar-refractivity contribution in [1.82, 2.24) is 14.7 Å². The summed E-state index contributed by atoms with van der Waals surface area (Å²) in [6.07, 6.45) is 3.63. The highest BCUT2D eigenvalue weighted by molar-refractivity contribution is 5.93. The lowest BCUT2D eigenvalue weighted by atomic mass is 9.88. The van der Waals surface area contributed by atoms with Gasteiger partial charge in [-0.25, -0.2) is 4.98 Å². The van der Waals surface area contributed by atoms with Gasteiger partial charge in [0, 0.05) is 18.9 Å². The quantitative estimate of drug-likeness (QED) is 0.870. The molecule has 0 fully saturated rings. The topological polar surface area (TPSA) is 83.7 Å². The lowest BCUT2D eigenvalue weighted by Crippen LogP contribution is -2.46. The van der Waals surface area contributed by atoms with Crippen LogP contribution in [0.5, 0.6) is 0 Å². The Morgan fingerprint density at radius 2 is 2.23 bits per heavy atom. The van der Waals surface area contributed by atoms with E-state index in [1.54, 1.807) is 31.3 Å². The third-order valence-corrected chi connectivity index (χ3v) is 4.14. The number of aliphatic hydroxyl groups is 1. The SMILES string of the molecule is CCC(C)C(C)(O)CNC(=O)c1cnc2ccccn2c1=O. The monoisotopic (exact) mass is 303 g/mol. The van der Waals surface area contributed by atoms with Crippen molar-refractivity contribution in [3.63, 3.8) is 0 Å². The van der Waals surface area contributed by atoms with Gasteiger partial charge >= 0.3 is 0 Å². The number of carbonyl (C=O) groups is 1. The molecule has 0 spiro atoms. The van der Waals surface area contributed by atoms with Gasteiger partial charge < -0.3 is 10.4 Å². The van der Waals surface area contributed by atoms with Crippen molar-refractivity contribution in [2.24, 2.45) is 5.92 Å². The number of hydrogen-bond donors (Lipinski definition) is 2. The second-order valence-corrected chi connectivity index (χ2v) is 5.76.